The first kappa shape index (κ1) is 77.9. The smallest absolute Gasteiger partial charge is 0.416 e. The summed E-state index contributed by atoms with van der Waals surface area (Å²) < 4.78 is 69.2. The second kappa shape index (κ2) is 34.0. The van der Waals surface area contributed by atoms with Crippen LogP contribution in [0.4, 0.5) is 21.0 Å². The van der Waals surface area contributed by atoms with Crippen molar-refractivity contribution in [3.05, 3.63) is 118 Å². The highest BCUT2D eigenvalue weighted by molar-refractivity contribution is 6.07. The molecule has 104 heavy (non-hydrogen) atoms. The van der Waals surface area contributed by atoms with Crippen molar-refractivity contribution < 1.29 is 126 Å². The van der Waals surface area contributed by atoms with Crippen LogP contribution in [0.1, 0.15) is 112 Å². The van der Waals surface area contributed by atoms with Gasteiger partial charge in [-0.25, -0.2) is 19.4 Å². The van der Waals surface area contributed by atoms with E-state index in [1.54, 1.807) is 0 Å². The molecule has 6 heterocycles. The van der Waals surface area contributed by atoms with Gasteiger partial charge in [-0.15, -0.1) is 0 Å². The maximum atomic E-state index is 14.7. The number of nitrogens with one attached hydrogen (secondary N) is 2. The average Bonchev–Trinajstić information content (AvgIpc) is 1.57. The fourth-order valence-corrected chi connectivity index (χ4v) is 13.1. The van der Waals surface area contributed by atoms with Crippen molar-refractivity contribution in [2.24, 2.45) is 0 Å². The highest BCUT2D eigenvalue weighted by atomic mass is 16.7. The van der Waals surface area contributed by atoms with E-state index in [1.807, 2.05) is 20.8 Å². The number of aliphatic hydroxyl groups excluding tert-OH is 8. The molecule has 4 aromatic rings. The van der Waals surface area contributed by atoms with Crippen molar-refractivity contribution >= 4 is 47.1 Å². The first-order chi connectivity index (χ1) is 49.6. The molecule has 0 bridgehead atoms. The molecule has 10 rings (SSSR count). The van der Waals surface area contributed by atoms with Crippen LogP contribution in [0.25, 0.3) is 0 Å². The van der Waals surface area contributed by atoms with Gasteiger partial charge in [0.25, 0.3) is 17.7 Å². The molecule has 0 spiro atoms. The third-order valence-electron chi connectivity index (χ3n) is 18.4. The first-order valence-electron chi connectivity index (χ1n) is 34.0. The predicted molar refractivity (Wildman–Crippen MR) is 367 cm³/mol. The molecule has 32 nitrogen and oxygen atoms in total. The molecule has 0 aromatic heterocycles. The van der Waals surface area contributed by atoms with Crippen molar-refractivity contribution in [3.8, 4) is 34.5 Å². The van der Waals surface area contributed by atoms with Gasteiger partial charge in [0.05, 0.1) is 93.0 Å². The van der Waals surface area contributed by atoms with Crippen LogP contribution in [0.15, 0.2) is 85.0 Å². The molecule has 0 radical (unpaired) electrons. The molecule has 6 aliphatic heterocycles. The van der Waals surface area contributed by atoms with Crippen LogP contribution < -0.4 is 48.9 Å². The lowest BCUT2D eigenvalue weighted by molar-refractivity contribution is -0.242. The Bertz CT molecular complexity index is 3580. The topological polar surface area (TPSA) is 412 Å². The van der Waals surface area contributed by atoms with E-state index in [9.17, 15) is 69.6 Å². The molecule has 13 atom stereocenters. The number of nitrogens with zero attached hydrogens (tertiary/aromatic N) is 4. The number of hydrogen-bond donors (Lipinski definition) is 10. The lowest BCUT2D eigenvalue weighted by atomic mass is 10.0. The lowest BCUT2D eigenvalue weighted by Crippen LogP contribution is -2.54. The van der Waals surface area contributed by atoms with E-state index in [1.165, 1.54) is 98.9 Å². The molecule has 5 amide bonds. The molecular weight excluding hydrogens is 1360 g/mol. The Morgan fingerprint density at radius 1 is 0.577 bits per heavy atom. The number of fused-ring (bicyclic) bond motifs is 4. The number of ketones is 1. The van der Waals surface area contributed by atoms with Crippen molar-refractivity contribution in [3.63, 3.8) is 0 Å². The molecule has 6 aliphatic rings. The third kappa shape index (κ3) is 17.6. The summed E-state index contributed by atoms with van der Waals surface area (Å²) in [4.78, 5) is 90.5. The number of hydrogen-bond acceptors (Lipinski definition) is 27. The van der Waals surface area contributed by atoms with Crippen LogP contribution in [-0.2, 0) is 41.6 Å². The zero-order chi connectivity index (χ0) is 75.0. The molecule has 32 heteroatoms. The summed E-state index contributed by atoms with van der Waals surface area (Å²) in [5.41, 5.74) is 1.10. The first-order valence-corrected chi connectivity index (χ1v) is 34.0. The van der Waals surface area contributed by atoms with Gasteiger partial charge in [-0.05, 0) is 100 Å². The zero-order valence-corrected chi connectivity index (χ0v) is 58.9. The van der Waals surface area contributed by atoms with Crippen molar-refractivity contribution in [2.45, 2.75) is 158 Å². The van der Waals surface area contributed by atoms with Gasteiger partial charge in [-0.3, -0.25) is 19.2 Å². The number of ether oxygens (including phenoxy) is 12. The predicted octanol–water partition coefficient (Wildman–Crippen LogP) is 2.81. The number of aliphatic hydroxyl groups is 8. The van der Waals surface area contributed by atoms with Crippen LogP contribution >= 0.6 is 0 Å². The molecule has 10 N–H and O–H groups in total. The number of benzene rings is 4. The van der Waals surface area contributed by atoms with E-state index in [0.29, 0.717) is 36.0 Å². The molecule has 0 saturated carbocycles. The van der Waals surface area contributed by atoms with Crippen molar-refractivity contribution in [1.82, 2.24) is 20.4 Å². The summed E-state index contributed by atoms with van der Waals surface area (Å²) in [7, 11) is 5.70. The number of Topliss-reactive ketones (excluding diaryl/α,β-unsaturated/α-hetero) is 1. The average molecular weight is 1460 g/mol. The molecule has 566 valence electrons. The minimum atomic E-state index is -1.69. The van der Waals surface area contributed by atoms with E-state index < -0.39 is 128 Å². The van der Waals surface area contributed by atoms with E-state index in [0.717, 1.165) is 9.80 Å². The summed E-state index contributed by atoms with van der Waals surface area (Å²) in [6.07, 6.45) is -16.5. The van der Waals surface area contributed by atoms with Gasteiger partial charge >= 0.3 is 12.2 Å². The van der Waals surface area contributed by atoms with E-state index in [2.05, 4.69) is 23.8 Å². The van der Waals surface area contributed by atoms with Crippen LogP contribution in [0.5, 0.6) is 34.5 Å². The minimum Gasteiger partial charge on any atom is -0.493 e. The highest BCUT2D eigenvalue weighted by Gasteiger charge is 2.49. The molecule has 3 unspecified atom stereocenters. The SMILES string of the molecule is C=C1C[C@H]2C(O)N(C(=O)OCc3ccc(O[C@@H]4OC[C@@H](O)[C@H](O)[C@H]4O)c(C(=O)CCCOC)c3)c3cc(OCCC(CCOc4cc5c(cc4OC)C(=O)N4CC(=C)C[C@H]4C(O)N5C(=O)OCc4ccc(O[C@@H]5OC[C@@H](O)[C@H](O)[C@H]5O)c(C(=O)NCCOC)c4)NC(C)(C)C)c(OC)cc3C(=O)N2C1. The van der Waals surface area contributed by atoms with Crippen molar-refractivity contribution in [2.75, 3.05) is 97.5 Å². The number of anilines is 2. The Hall–Kier alpha value is -8.74. The maximum Gasteiger partial charge on any atom is 0.416 e. The van der Waals surface area contributed by atoms with E-state index in [-0.39, 0.29) is 158 Å². The van der Waals surface area contributed by atoms with Crippen molar-refractivity contribution in [1.29, 1.82) is 0 Å². The number of methoxy groups -OCH3 is 4. The number of carbonyl (C=O) groups is 6. The summed E-state index contributed by atoms with van der Waals surface area (Å²) >= 11 is 0. The standard InChI is InChI=1S/C72H92N6O26/c1-37-23-48-66(89)77(70(91)101-33-39-12-14-53(44(25-39)50(79)11-10-19-93-6)103-68-61(84)59(82)51(80)35-99-68)46-29-57(55(95-8)27-42(46)64(87)75(48)31-37)97-20-16-41(74-72(3,4)5)17-21-98-58-30-47-43(28-56(58)96-9)65(88)76-32-38(2)24-49(76)67(90)78(47)71(92)102-34-40-13-15-54(45(26-40)63(86)73-18-22-94-7)104-69-62(85)60(83)52(81)36-100-69/h12-15,25-30,41,48-49,51-52,59-62,66-69,74,80-85,89-90H,1-2,10-11,16-24,31-36H2,3-9H3,(H,73,86)/t41?,48-,49-,51+,52+,59-,60-,61+,62+,66?,67?,68-,69-/m0/s1. The fourth-order valence-electron chi connectivity index (χ4n) is 13.1. The lowest BCUT2D eigenvalue weighted by Gasteiger charge is -2.35. The van der Waals surface area contributed by atoms with Crippen LogP contribution in [0, 0.1) is 0 Å². The third-order valence-corrected chi connectivity index (χ3v) is 18.4. The number of rotatable bonds is 28. The molecule has 4 saturated heterocycles. The van der Waals surface area contributed by atoms with Crippen LogP contribution in [0.2, 0.25) is 0 Å². The molecule has 4 aromatic carbocycles. The van der Waals surface area contributed by atoms with Gasteiger partial charge in [0.2, 0.25) is 12.6 Å². The fraction of sp³-hybridized carbons (Fsp3) is 0.528. The van der Waals surface area contributed by atoms with Crippen LogP contribution in [-0.4, -0.2) is 259 Å². The second-order valence-corrected chi connectivity index (χ2v) is 27.2. The van der Waals surface area contributed by atoms with Gasteiger partial charge in [0, 0.05) is 70.6 Å². The summed E-state index contributed by atoms with van der Waals surface area (Å²) in [5, 5.41) is 92.7. The van der Waals surface area contributed by atoms with Gasteiger partial charge in [-0.1, -0.05) is 36.4 Å². The van der Waals surface area contributed by atoms with Gasteiger partial charge < -0.3 is 118 Å². The largest absolute Gasteiger partial charge is 0.493 e. The Balaban J connectivity index is 0.862. The molecular formula is C72H92N6O26. The van der Waals surface area contributed by atoms with Gasteiger partial charge in [0.1, 0.15) is 61.3 Å². The molecule has 4 fully saturated rings. The van der Waals surface area contributed by atoms with Gasteiger partial charge in [-0.2, -0.15) is 0 Å². The summed E-state index contributed by atoms with van der Waals surface area (Å²) in [6.45, 7) is 13.0. The quantitative estimate of drug-likeness (QED) is 0.0222. The normalized spacial score (nSPS) is 24.8. The van der Waals surface area contributed by atoms with Crippen LogP contribution in [0.3, 0.4) is 0 Å². The Morgan fingerprint density at radius 2 is 1.03 bits per heavy atom. The van der Waals surface area contributed by atoms with Gasteiger partial charge in [0.15, 0.2) is 41.2 Å². The Labute approximate surface area is 600 Å². The summed E-state index contributed by atoms with van der Waals surface area (Å²) in [6, 6.07) is 11.9. The maximum absolute atomic E-state index is 14.7. The minimum absolute atomic E-state index is 0.000497. The highest BCUT2D eigenvalue weighted by Crippen LogP contribution is 2.45. The zero-order valence-electron chi connectivity index (χ0n) is 58.9. The second-order valence-electron chi connectivity index (χ2n) is 27.2. The Kier molecular flexibility index (Phi) is 25.5. The van der Waals surface area contributed by atoms with E-state index >= 15 is 0 Å². The van der Waals surface area contributed by atoms with E-state index in [4.69, 9.17) is 56.8 Å². The summed E-state index contributed by atoms with van der Waals surface area (Å²) in [5.74, 6) is -1.81. The number of amides is 5. The monoisotopic (exact) mass is 1460 g/mol. The number of carbonyl (C=O) groups excluding carboxylic acids is 6. The Morgan fingerprint density at radius 3 is 1.47 bits per heavy atom. The molecule has 0 aliphatic carbocycles.